The molecule has 8 heteroatoms. The van der Waals surface area contributed by atoms with Gasteiger partial charge in [0.15, 0.2) is 23.1 Å². The van der Waals surface area contributed by atoms with Gasteiger partial charge in [-0.15, -0.1) is 0 Å². The Morgan fingerprint density at radius 1 is 1.06 bits per heavy atom. The average Bonchev–Trinajstić information content (AvgIpc) is 3.16. The topological polar surface area (TPSA) is 72.5 Å². The Balaban J connectivity index is 1.23. The number of methoxy groups -OCH3 is 1. The molecule has 0 radical (unpaired) electrons. The zero-order valence-corrected chi connectivity index (χ0v) is 19.3. The maximum Gasteiger partial charge on any atom is 0.230 e. The molecule has 0 bridgehead atoms. The molecule has 6 rings (SSSR count). The number of ether oxygens (including phenoxy) is 3. The summed E-state index contributed by atoms with van der Waals surface area (Å²) >= 11 is 0. The normalized spacial score (nSPS) is 20.2. The van der Waals surface area contributed by atoms with E-state index in [1.807, 2.05) is 13.0 Å². The van der Waals surface area contributed by atoms with Crippen molar-refractivity contribution in [2.45, 2.75) is 32.2 Å². The predicted octanol–water partition coefficient (Wildman–Crippen LogP) is 5.22. The van der Waals surface area contributed by atoms with Gasteiger partial charge < -0.3 is 24.1 Å². The highest BCUT2D eigenvalue weighted by Gasteiger charge is 2.36. The summed E-state index contributed by atoms with van der Waals surface area (Å²) in [5, 5.41) is 1.10. The molecule has 1 saturated carbocycles. The molecular formula is C26H27FN4O3. The van der Waals surface area contributed by atoms with E-state index in [9.17, 15) is 0 Å². The van der Waals surface area contributed by atoms with E-state index >= 15 is 4.39 Å². The molecule has 7 nitrogen and oxygen atoms in total. The van der Waals surface area contributed by atoms with Crippen molar-refractivity contribution in [3.8, 4) is 23.1 Å². The van der Waals surface area contributed by atoms with Crippen LogP contribution in [0.2, 0.25) is 0 Å². The summed E-state index contributed by atoms with van der Waals surface area (Å²) in [4.78, 5) is 14.3. The van der Waals surface area contributed by atoms with Crippen LogP contribution < -0.4 is 14.2 Å². The summed E-state index contributed by atoms with van der Waals surface area (Å²) in [6.45, 7) is 5.02. The lowest BCUT2D eigenvalue weighted by atomic mass is 9.79. The second kappa shape index (κ2) is 8.43. The van der Waals surface area contributed by atoms with Gasteiger partial charge in [-0.3, -0.25) is 0 Å². The molecule has 2 aromatic heterocycles. The van der Waals surface area contributed by atoms with Crippen LogP contribution in [-0.2, 0) is 0 Å². The van der Waals surface area contributed by atoms with E-state index in [0.717, 1.165) is 17.3 Å². The first-order valence-corrected chi connectivity index (χ1v) is 11.7. The largest absolute Gasteiger partial charge is 0.493 e. The van der Waals surface area contributed by atoms with Crippen LogP contribution in [0.3, 0.4) is 0 Å². The second-order valence-electron chi connectivity index (χ2n) is 9.28. The van der Waals surface area contributed by atoms with Crippen LogP contribution in [0.15, 0.2) is 36.7 Å². The maximum atomic E-state index is 15.1. The number of aromatic nitrogens is 3. The summed E-state index contributed by atoms with van der Waals surface area (Å²) in [7, 11) is 1.60. The summed E-state index contributed by atoms with van der Waals surface area (Å²) in [6.07, 6.45) is 5.11. The third kappa shape index (κ3) is 3.72. The number of nitrogens with zero attached hydrogens (tertiary/aromatic N) is 3. The average molecular weight is 463 g/mol. The van der Waals surface area contributed by atoms with Gasteiger partial charge in [0.1, 0.15) is 6.33 Å². The maximum absolute atomic E-state index is 15.1. The third-order valence-electron chi connectivity index (χ3n) is 7.02. The van der Waals surface area contributed by atoms with Crippen molar-refractivity contribution in [1.29, 1.82) is 0 Å². The first-order chi connectivity index (χ1) is 16.6. The number of likely N-dealkylation sites (tertiary alicyclic amines) is 1. The van der Waals surface area contributed by atoms with Crippen LogP contribution in [0.1, 0.15) is 25.0 Å². The quantitative estimate of drug-likeness (QED) is 0.406. The zero-order valence-electron chi connectivity index (χ0n) is 19.3. The fraction of sp³-hybridized carbons (Fsp3) is 0.385. The standard InChI is InChI=1S/C26H27FN4O3/c1-15-8-18-20(30-15)4-5-22(25(18)27)34-26-19-11-23(32-2)24(12-21(19)28-14-29-26)33-13-16-9-17(10-16)31-6-3-7-31/h4-5,8,11-12,14,16-17,30H,3,6-7,9-10,13H2,1-2H3. The second-order valence-corrected chi connectivity index (χ2v) is 9.28. The van der Waals surface area contributed by atoms with Crippen molar-refractivity contribution < 1.29 is 18.6 Å². The molecule has 34 heavy (non-hydrogen) atoms. The predicted molar refractivity (Wildman–Crippen MR) is 127 cm³/mol. The van der Waals surface area contributed by atoms with E-state index < -0.39 is 5.82 Å². The molecule has 2 aliphatic rings. The zero-order chi connectivity index (χ0) is 23.2. The van der Waals surface area contributed by atoms with Crippen molar-refractivity contribution in [3.05, 3.63) is 48.2 Å². The SMILES string of the molecule is COc1cc2c(Oc3ccc4[nH]c(C)cc4c3F)ncnc2cc1OCC1CC(N2CCC2)C1. The van der Waals surface area contributed by atoms with Gasteiger partial charge >= 0.3 is 0 Å². The lowest BCUT2D eigenvalue weighted by Gasteiger charge is -2.47. The van der Waals surface area contributed by atoms with E-state index in [1.54, 1.807) is 31.4 Å². The number of aryl methyl sites for hydroxylation is 1. The minimum absolute atomic E-state index is 0.104. The Morgan fingerprint density at radius 3 is 2.68 bits per heavy atom. The van der Waals surface area contributed by atoms with Gasteiger partial charge in [0.25, 0.3) is 0 Å². The van der Waals surface area contributed by atoms with E-state index in [2.05, 4.69) is 19.9 Å². The molecule has 1 aliphatic heterocycles. The van der Waals surface area contributed by atoms with Gasteiger partial charge in [-0.1, -0.05) is 0 Å². The van der Waals surface area contributed by atoms with Crippen LogP contribution >= 0.6 is 0 Å². The fourth-order valence-corrected chi connectivity index (χ4v) is 4.91. The minimum Gasteiger partial charge on any atom is -0.493 e. The van der Waals surface area contributed by atoms with Crippen molar-refractivity contribution >= 4 is 21.8 Å². The van der Waals surface area contributed by atoms with E-state index in [1.165, 1.54) is 38.7 Å². The van der Waals surface area contributed by atoms with E-state index in [0.29, 0.717) is 40.3 Å². The Labute approximate surface area is 196 Å². The molecule has 2 aromatic carbocycles. The van der Waals surface area contributed by atoms with Crippen molar-refractivity contribution in [2.75, 3.05) is 26.8 Å². The van der Waals surface area contributed by atoms with E-state index in [-0.39, 0.29) is 11.6 Å². The first kappa shape index (κ1) is 21.2. The molecule has 1 N–H and O–H groups in total. The highest BCUT2D eigenvalue weighted by molar-refractivity contribution is 5.87. The third-order valence-corrected chi connectivity index (χ3v) is 7.02. The van der Waals surface area contributed by atoms with Crippen molar-refractivity contribution in [3.63, 3.8) is 0 Å². The summed E-state index contributed by atoms with van der Waals surface area (Å²) in [5.74, 6) is 1.71. The molecule has 4 aromatic rings. The van der Waals surface area contributed by atoms with Crippen LogP contribution in [-0.4, -0.2) is 52.7 Å². The van der Waals surface area contributed by atoms with Crippen LogP contribution in [0.4, 0.5) is 4.39 Å². The smallest absolute Gasteiger partial charge is 0.230 e. The van der Waals surface area contributed by atoms with Crippen LogP contribution in [0.25, 0.3) is 21.8 Å². The van der Waals surface area contributed by atoms with Crippen LogP contribution in [0.5, 0.6) is 23.1 Å². The van der Waals surface area contributed by atoms with Gasteiger partial charge in [-0.2, -0.15) is 0 Å². The molecule has 3 heterocycles. The van der Waals surface area contributed by atoms with Gasteiger partial charge in [0.2, 0.25) is 5.88 Å². The Bertz CT molecular complexity index is 1360. The molecular weight excluding hydrogens is 435 g/mol. The monoisotopic (exact) mass is 462 g/mol. The lowest BCUT2D eigenvalue weighted by molar-refractivity contribution is 0.0146. The molecule has 1 aliphatic carbocycles. The number of H-pyrrole nitrogens is 1. The molecule has 176 valence electrons. The van der Waals surface area contributed by atoms with Crippen molar-refractivity contribution in [1.82, 2.24) is 19.9 Å². The number of hydrogen-bond acceptors (Lipinski definition) is 6. The molecule has 0 atom stereocenters. The number of rotatable bonds is 7. The summed E-state index contributed by atoms with van der Waals surface area (Å²) < 4.78 is 32.7. The number of aromatic amines is 1. The highest BCUT2D eigenvalue weighted by atomic mass is 19.1. The van der Waals surface area contributed by atoms with E-state index in [4.69, 9.17) is 14.2 Å². The van der Waals surface area contributed by atoms with Gasteiger partial charge in [-0.05, 0) is 69.5 Å². The molecule has 0 unspecified atom stereocenters. The summed E-state index contributed by atoms with van der Waals surface area (Å²) in [6, 6.07) is 9.51. The van der Waals surface area contributed by atoms with Crippen molar-refractivity contribution in [2.24, 2.45) is 5.92 Å². The first-order valence-electron chi connectivity index (χ1n) is 11.7. The Morgan fingerprint density at radius 2 is 1.91 bits per heavy atom. The highest BCUT2D eigenvalue weighted by Crippen LogP contribution is 2.39. The molecule has 1 saturated heterocycles. The number of hydrogen-bond donors (Lipinski definition) is 1. The number of halogens is 1. The molecule has 0 amide bonds. The number of nitrogens with one attached hydrogen (secondary N) is 1. The minimum atomic E-state index is -0.433. The fourth-order valence-electron chi connectivity index (χ4n) is 4.91. The number of fused-ring (bicyclic) bond motifs is 2. The Kier molecular flexibility index (Phi) is 5.25. The lowest BCUT2D eigenvalue weighted by Crippen LogP contribution is -2.52. The van der Waals surface area contributed by atoms with Gasteiger partial charge in [0, 0.05) is 28.7 Å². The summed E-state index contributed by atoms with van der Waals surface area (Å²) in [5.41, 5.74) is 2.25. The Hall–Kier alpha value is -3.39. The van der Waals surface area contributed by atoms with Gasteiger partial charge in [0.05, 0.1) is 24.6 Å². The molecule has 2 fully saturated rings. The van der Waals surface area contributed by atoms with Gasteiger partial charge in [-0.25, -0.2) is 14.4 Å². The molecule has 0 spiro atoms. The van der Waals surface area contributed by atoms with Crippen LogP contribution in [0, 0.1) is 18.7 Å². The number of benzene rings is 2.